The number of nitrogens with one attached hydrogen (secondary N) is 2. The molecule has 2 aliphatic carbocycles. The Morgan fingerprint density at radius 3 is 2.27 bits per heavy atom. The van der Waals surface area contributed by atoms with Crippen LogP contribution >= 0.6 is 11.6 Å². The Hall–Kier alpha value is -5.59. The fraction of sp³-hybridized carbons (Fsp3) is 0.488. The Bertz CT molecular complexity index is 2270. The molecule has 0 bridgehead atoms. The molecular formula is C43H44ClN9O6. The number of hydrogen-bond acceptors (Lipinski definition) is 12. The van der Waals surface area contributed by atoms with Crippen molar-refractivity contribution >= 4 is 52.6 Å². The van der Waals surface area contributed by atoms with Crippen molar-refractivity contribution in [3.63, 3.8) is 0 Å². The monoisotopic (exact) mass is 817 g/mol. The standard InChI is InChI=1S/C43H44ClN9O6/c44-35-14-29(5-1-23(35)15-45)59-28-6-2-26(3-7-28)46-40(55)36-9-11-38(49-48-36)52-18-24-16-50(17-25(24)19-52)20-32-33-21-51(22-34(32)33)27-4-8-30-31(13-27)43(58)53(42(30)57)37-10-12-39(54)47-41(37)56/h1,4-5,8-9,11,13-14,24-26,28,32-34,37H,2-3,6-7,10,12,16-22H2,(H,46,55)(H,47,54,56)/t24?,25?,26-,28-,32-,33-,34+,37?. The second-order valence-electron chi connectivity index (χ2n) is 17.3. The zero-order valence-corrected chi connectivity index (χ0v) is 33.1. The number of halogens is 1. The summed E-state index contributed by atoms with van der Waals surface area (Å²) in [7, 11) is 0. The van der Waals surface area contributed by atoms with Gasteiger partial charge in [0.15, 0.2) is 11.5 Å². The number of nitrogens with zero attached hydrogens (tertiary/aromatic N) is 7. The van der Waals surface area contributed by atoms with Crippen molar-refractivity contribution in [2.24, 2.45) is 29.6 Å². The number of ether oxygens (including phenoxy) is 1. The molecule has 4 saturated heterocycles. The Kier molecular flexibility index (Phi) is 9.51. The van der Waals surface area contributed by atoms with Gasteiger partial charge in [-0.25, -0.2) is 0 Å². The molecule has 2 saturated carbocycles. The highest BCUT2D eigenvalue weighted by atomic mass is 35.5. The van der Waals surface area contributed by atoms with Crippen LogP contribution in [0.3, 0.4) is 0 Å². The molecule has 7 aliphatic rings. The van der Waals surface area contributed by atoms with E-state index in [0.29, 0.717) is 62.7 Å². The number of aromatic nitrogens is 2. The lowest BCUT2D eigenvalue weighted by molar-refractivity contribution is -0.136. The predicted molar refractivity (Wildman–Crippen MR) is 214 cm³/mol. The predicted octanol–water partition coefficient (Wildman–Crippen LogP) is 3.27. The molecule has 304 valence electrons. The number of carbonyl (C=O) groups excluding carboxylic acids is 5. The van der Waals surface area contributed by atoms with E-state index in [0.717, 1.165) is 87.9 Å². The third-order valence-corrected chi connectivity index (χ3v) is 14.1. The van der Waals surface area contributed by atoms with E-state index in [9.17, 15) is 24.0 Å². The zero-order valence-electron chi connectivity index (χ0n) is 32.4. The van der Waals surface area contributed by atoms with Gasteiger partial charge in [-0.2, -0.15) is 5.26 Å². The minimum Gasteiger partial charge on any atom is -0.490 e. The van der Waals surface area contributed by atoms with Gasteiger partial charge in [0.25, 0.3) is 17.7 Å². The Balaban J connectivity index is 0.657. The number of rotatable bonds is 9. The van der Waals surface area contributed by atoms with E-state index in [1.165, 1.54) is 0 Å². The summed E-state index contributed by atoms with van der Waals surface area (Å²) in [6, 6.07) is 15.3. The number of nitriles is 1. The van der Waals surface area contributed by atoms with Crippen LogP contribution in [0.1, 0.15) is 75.3 Å². The maximum absolute atomic E-state index is 13.3. The van der Waals surface area contributed by atoms with Crippen LogP contribution in [-0.4, -0.2) is 114 Å². The molecule has 2 N–H and O–H groups in total. The lowest BCUT2D eigenvalue weighted by atomic mass is 9.93. The van der Waals surface area contributed by atoms with Gasteiger partial charge in [-0.3, -0.25) is 34.2 Å². The molecule has 6 fully saturated rings. The number of amides is 5. The van der Waals surface area contributed by atoms with Crippen LogP contribution < -0.4 is 25.2 Å². The van der Waals surface area contributed by atoms with Crippen LogP contribution in [0.4, 0.5) is 11.5 Å². The van der Waals surface area contributed by atoms with Gasteiger partial charge in [-0.1, -0.05) is 11.6 Å². The van der Waals surface area contributed by atoms with Crippen molar-refractivity contribution in [3.8, 4) is 11.8 Å². The maximum Gasteiger partial charge on any atom is 0.272 e. The smallest absolute Gasteiger partial charge is 0.272 e. The van der Waals surface area contributed by atoms with Gasteiger partial charge in [0.05, 0.1) is 27.8 Å². The van der Waals surface area contributed by atoms with Gasteiger partial charge < -0.3 is 24.8 Å². The number of piperidine rings is 2. The van der Waals surface area contributed by atoms with Crippen LogP contribution in [0.25, 0.3) is 0 Å². The maximum atomic E-state index is 13.3. The molecule has 1 aromatic heterocycles. The average Bonchev–Trinajstić information content (AvgIpc) is 3.68. The molecule has 5 aliphatic heterocycles. The van der Waals surface area contributed by atoms with Gasteiger partial charge in [0.1, 0.15) is 17.9 Å². The SMILES string of the molecule is N#Cc1ccc(O[C@H]2CC[C@H](NC(=O)c3ccc(N4CC5CN(C[C@@H]6[C@H]7CN(c8ccc9c(c8)C(=O)N(C8CCC(=O)NC8=O)C9=O)C[C@@H]67)CC5C4)nn3)CC2)cc1Cl. The summed E-state index contributed by atoms with van der Waals surface area (Å²) in [4.78, 5) is 71.9. The van der Waals surface area contributed by atoms with Gasteiger partial charge in [-0.05, 0) is 104 Å². The summed E-state index contributed by atoms with van der Waals surface area (Å²) in [5.41, 5.74) is 2.29. The highest BCUT2D eigenvalue weighted by Gasteiger charge is 2.57. The normalized spacial score (nSPS) is 29.9. The highest BCUT2D eigenvalue weighted by molar-refractivity contribution is 6.31. The number of anilines is 2. The molecule has 6 heterocycles. The molecule has 3 aromatic rings. The molecule has 6 atom stereocenters. The Labute approximate surface area is 346 Å². The largest absolute Gasteiger partial charge is 0.490 e. The fourth-order valence-electron chi connectivity index (χ4n) is 10.6. The zero-order chi connectivity index (χ0) is 40.5. The van der Waals surface area contributed by atoms with Crippen molar-refractivity contribution in [1.82, 2.24) is 30.6 Å². The first-order chi connectivity index (χ1) is 28.6. The number of benzene rings is 2. The van der Waals surface area contributed by atoms with Crippen LogP contribution in [0.2, 0.25) is 5.02 Å². The van der Waals surface area contributed by atoms with Crippen molar-refractivity contribution in [3.05, 3.63) is 75.9 Å². The Morgan fingerprint density at radius 1 is 0.847 bits per heavy atom. The summed E-state index contributed by atoms with van der Waals surface area (Å²) in [5, 5.41) is 23.6. The Morgan fingerprint density at radius 2 is 1.59 bits per heavy atom. The van der Waals surface area contributed by atoms with Gasteiger partial charge in [0.2, 0.25) is 11.8 Å². The second kappa shape index (κ2) is 14.9. The second-order valence-corrected chi connectivity index (χ2v) is 17.7. The molecule has 2 aromatic carbocycles. The first-order valence-electron chi connectivity index (χ1n) is 20.7. The van der Waals surface area contributed by atoms with Crippen molar-refractivity contribution < 1.29 is 28.7 Å². The molecule has 0 spiro atoms. The van der Waals surface area contributed by atoms with E-state index in [1.807, 2.05) is 12.1 Å². The molecule has 59 heavy (non-hydrogen) atoms. The fourth-order valence-corrected chi connectivity index (χ4v) is 10.8. The van der Waals surface area contributed by atoms with E-state index in [-0.39, 0.29) is 36.8 Å². The van der Waals surface area contributed by atoms with E-state index < -0.39 is 23.8 Å². The molecule has 3 unspecified atom stereocenters. The number of hydrogen-bond donors (Lipinski definition) is 2. The molecular weight excluding hydrogens is 774 g/mol. The summed E-state index contributed by atoms with van der Waals surface area (Å²) < 4.78 is 6.09. The number of likely N-dealkylation sites (tertiary alicyclic amines) is 1. The first kappa shape index (κ1) is 37.7. The highest BCUT2D eigenvalue weighted by Crippen LogP contribution is 2.53. The third-order valence-electron chi connectivity index (χ3n) is 13.8. The summed E-state index contributed by atoms with van der Waals surface area (Å²) in [6.07, 6.45) is 3.43. The van der Waals surface area contributed by atoms with E-state index in [4.69, 9.17) is 21.6 Å². The minimum absolute atomic E-state index is 0.0232. The van der Waals surface area contributed by atoms with Crippen molar-refractivity contribution in [2.75, 3.05) is 55.6 Å². The topological polar surface area (TPSA) is 181 Å². The van der Waals surface area contributed by atoms with Crippen LogP contribution in [-0.2, 0) is 9.59 Å². The molecule has 5 amide bonds. The van der Waals surface area contributed by atoms with E-state index >= 15 is 0 Å². The van der Waals surface area contributed by atoms with Crippen LogP contribution in [0, 0.1) is 40.9 Å². The van der Waals surface area contributed by atoms with Crippen LogP contribution in [0.5, 0.6) is 5.75 Å². The third kappa shape index (κ3) is 7.05. The quantitative estimate of drug-likeness (QED) is 0.302. The molecule has 0 radical (unpaired) electrons. The minimum atomic E-state index is -0.966. The van der Waals surface area contributed by atoms with E-state index in [2.05, 4.69) is 41.6 Å². The number of carbonyl (C=O) groups is 5. The first-order valence-corrected chi connectivity index (χ1v) is 21.1. The van der Waals surface area contributed by atoms with Crippen LogP contribution in [0.15, 0.2) is 48.5 Å². The number of imide groups is 2. The van der Waals surface area contributed by atoms with E-state index in [1.54, 1.807) is 36.4 Å². The summed E-state index contributed by atoms with van der Waals surface area (Å²) >= 11 is 6.15. The van der Waals surface area contributed by atoms with Gasteiger partial charge >= 0.3 is 0 Å². The lowest BCUT2D eigenvalue weighted by Crippen LogP contribution is -2.54. The average molecular weight is 818 g/mol. The number of fused-ring (bicyclic) bond motifs is 3. The van der Waals surface area contributed by atoms with Crippen molar-refractivity contribution in [1.29, 1.82) is 5.26 Å². The van der Waals surface area contributed by atoms with Gasteiger partial charge in [-0.15, -0.1) is 10.2 Å². The molecule has 16 heteroatoms. The lowest BCUT2D eigenvalue weighted by Gasteiger charge is -2.29. The van der Waals surface area contributed by atoms with Crippen molar-refractivity contribution in [2.45, 2.75) is 56.7 Å². The van der Waals surface area contributed by atoms with Gasteiger partial charge in [0, 0.05) is 70.0 Å². The summed E-state index contributed by atoms with van der Waals surface area (Å²) in [6.45, 7) is 6.91. The summed E-state index contributed by atoms with van der Waals surface area (Å²) in [5.74, 6) is 2.28. The molecule has 15 nitrogen and oxygen atoms in total. The molecule has 10 rings (SSSR count).